The van der Waals surface area contributed by atoms with Gasteiger partial charge >= 0.3 is 12.6 Å². The van der Waals surface area contributed by atoms with Gasteiger partial charge in [0, 0.05) is 5.56 Å². The summed E-state index contributed by atoms with van der Waals surface area (Å²) in [4.78, 5) is 12.1. The second-order valence-electron chi connectivity index (χ2n) is 4.59. The van der Waals surface area contributed by atoms with E-state index < -0.39 is 30.3 Å². The highest BCUT2D eigenvalue weighted by Gasteiger charge is 2.21. The molecular formula is C16H12F4O3. The minimum atomic E-state index is -3.11. The van der Waals surface area contributed by atoms with Crippen LogP contribution < -0.4 is 4.74 Å². The molecule has 122 valence electrons. The molecule has 2 aromatic rings. The zero-order valence-electron chi connectivity index (χ0n) is 11.9. The summed E-state index contributed by atoms with van der Waals surface area (Å²) in [6.45, 7) is -1.77. The molecule has 0 saturated carbocycles. The normalized spacial score (nSPS) is 12.1. The van der Waals surface area contributed by atoms with Gasteiger partial charge in [0.25, 0.3) is 0 Å². The van der Waals surface area contributed by atoms with Crippen LogP contribution in [0.4, 0.5) is 17.6 Å². The minimum absolute atomic E-state index is 0.161. The van der Waals surface area contributed by atoms with E-state index in [1.807, 2.05) is 0 Å². The van der Waals surface area contributed by atoms with Gasteiger partial charge in [-0.05, 0) is 37.3 Å². The Hall–Kier alpha value is -2.57. The number of hydrogen-bond donors (Lipinski definition) is 0. The van der Waals surface area contributed by atoms with E-state index in [1.165, 1.54) is 31.2 Å². The van der Waals surface area contributed by atoms with Gasteiger partial charge in [-0.1, -0.05) is 12.1 Å². The number of halogens is 4. The lowest BCUT2D eigenvalue weighted by Crippen LogP contribution is -2.13. The van der Waals surface area contributed by atoms with Gasteiger partial charge in [-0.15, -0.1) is 0 Å². The zero-order chi connectivity index (χ0) is 17.0. The molecule has 0 aromatic heterocycles. The molecular weight excluding hydrogens is 316 g/mol. The second kappa shape index (κ2) is 7.13. The molecule has 0 aliphatic rings. The first kappa shape index (κ1) is 16.8. The summed E-state index contributed by atoms with van der Waals surface area (Å²) in [6.07, 6.45) is -1.11. The monoisotopic (exact) mass is 328 g/mol. The number of esters is 1. The van der Waals surface area contributed by atoms with Gasteiger partial charge in [0.05, 0.1) is 0 Å². The molecule has 0 bridgehead atoms. The van der Waals surface area contributed by atoms with Crippen molar-refractivity contribution in [2.75, 3.05) is 0 Å². The Morgan fingerprint density at radius 1 is 1.09 bits per heavy atom. The highest BCUT2D eigenvalue weighted by atomic mass is 19.3. The number of carbonyl (C=O) groups excluding carboxylic acids is 1. The fourth-order valence-corrected chi connectivity index (χ4v) is 1.95. The summed E-state index contributed by atoms with van der Waals surface area (Å²) in [7, 11) is 0. The van der Waals surface area contributed by atoms with Gasteiger partial charge in [0.1, 0.15) is 29.1 Å². The van der Waals surface area contributed by atoms with Crippen LogP contribution in [-0.2, 0) is 4.74 Å². The lowest BCUT2D eigenvalue weighted by molar-refractivity contribution is -0.0505. The van der Waals surface area contributed by atoms with Gasteiger partial charge in [-0.3, -0.25) is 0 Å². The number of ether oxygens (including phenoxy) is 2. The Balaban J connectivity index is 2.20. The molecule has 0 amide bonds. The molecule has 1 unspecified atom stereocenters. The average Bonchev–Trinajstić information content (AvgIpc) is 2.49. The van der Waals surface area contributed by atoms with Crippen molar-refractivity contribution >= 4 is 5.97 Å². The van der Waals surface area contributed by atoms with Crippen LogP contribution in [0, 0.1) is 11.6 Å². The smallest absolute Gasteiger partial charge is 0.387 e. The van der Waals surface area contributed by atoms with Gasteiger partial charge in [0.15, 0.2) is 0 Å². The van der Waals surface area contributed by atoms with E-state index in [0.29, 0.717) is 0 Å². The molecule has 0 fully saturated rings. The highest BCUT2D eigenvalue weighted by Crippen LogP contribution is 2.26. The molecule has 0 aliphatic heterocycles. The predicted molar refractivity (Wildman–Crippen MR) is 73.3 cm³/mol. The zero-order valence-corrected chi connectivity index (χ0v) is 11.9. The van der Waals surface area contributed by atoms with Crippen molar-refractivity contribution in [3.05, 3.63) is 65.2 Å². The van der Waals surface area contributed by atoms with Crippen LogP contribution in [0.2, 0.25) is 0 Å². The second-order valence-corrected chi connectivity index (χ2v) is 4.59. The van der Waals surface area contributed by atoms with Crippen molar-refractivity contribution in [1.29, 1.82) is 0 Å². The van der Waals surface area contributed by atoms with E-state index in [4.69, 9.17) is 4.74 Å². The molecule has 2 rings (SSSR count). The van der Waals surface area contributed by atoms with E-state index in [9.17, 15) is 22.4 Å². The van der Waals surface area contributed by atoms with Crippen LogP contribution in [0.5, 0.6) is 5.75 Å². The maximum atomic E-state index is 13.6. The number of para-hydroxylation sites is 1. The Labute approximate surface area is 129 Å². The summed E-state index contributed by atoms with van der Waals surface area (Å²) >= 11 is 0. The lowest BCUT2D eigenvalue weighted by Gasteiger charge is -2.16. The minimum Gasteiger partial charge on any atom is -0.454 e. The molecule has 3 nitrogen and oxygen atoms in total. The van der Waals surface area contributed by atoms with Crippen LogP contribution in [0.1, 0.15) is 28.9 Å². The van der Waals surface area contributed by atoms with Crippen molar-refractivity contribution in [2.24, 2.45) is 0 Å². The molecule has 0 radical (unpaired) electrons. The molecule has 0 saturated heterocycles. The third-order valence-corrected chi connectivity index (χ3v) is 3.00. The first-order valence-electron chi connectivity index (χ1n) is 6.58. The van der Waals surface area contributed by atoms with E-state index in [1.54, 1.807) is 0 Å². The van der Waals surface area contributed by atoms with Crippen LogP contribution in [0.3, 0.4) is 0 Å². The van der Waals surface area contributed by atoms with Gasteiger partial charge < -0.3 is 9.47 Å². The summed E-state index contributed by atoms with van der Waals surface area (Å²) in [5.41, 5.74) is -0.401. The first-order chi connectivity index (χ1) is 10.9. The third kappa shape index (κ3) is 4.21. The molecule has 2 aromatic carbocycles. The van der Waals surface area contributed by atoms with Crippen LogP contribution in [0.15, 0.2) is 42.5 Å². The maximum absolute atomic E-state index is 13.6. The van der Waals surface area contributed by atoms with Crippen LogP contribution >= 0.6 is 0 Å². The summed E-state index contributed by atoms with van der Waals surface area (Å²) < 4.78 is 60.7. The van der Waals surface area contributed by atoms with Gasteiger partial charge in [-0.25, -0.2) is 13.6 Å². The van der Waals surface area contributed by atoms with Gasteiger partial charge in [0.2, 0.25) is 0 Å². The number of benzene rings is 2. The van der Waals surface area contributed by atoms with E-state index in [2.05, 4.69) is 4.74 Å². The molecule has 7 heteroatoms. The van der Waals surface area contributed by atoms with Crippen molar-refractivity contribution < 1.29 is 31.8 Å². The van der Waals surface area contributed by atoms with E-state index in [-0.39, 0.29) is 16.9 Å². The molecule has 0 N–H and O–H groups in total. The SMILES string of the molecule is CC(OC(=O)c1ccccc1OC(F)F)c1cc(F)ccc1F. The van der Waals surface area contributed by atoms with Crippen molar-refractivity contribution in [1.82, 2.24) is 0 Å². The standard InChI is InChI=1S/C16H12F4O3/c1-9(12-8-10(17)6-7-13(12)18)22-15(21)11-4-2-3-5-14(11)23-16(19)20/h2-9,16H,1H3. The molecule has 23 heavy (non-hydrogen) atoms. The number of hydrogen-bond acceptors (Lipinski definition) is 3. The Bertz CT molecular complexity index is 703. The molecule has 0 heterocycles. The Kier molecular flexibility index (Phi) is 5.20. The average molecular weight is 328 g/mol. The molecule has 1 atom stereocenters. The molecule has 0 spiro atoms. The van der Waals surface area contributed by atoms with Crippen molar-refractivity contribution in [2.45, 2.75) is 19.6 Å². The number of carbonyl (C=O) groups is 1. The quantitative estimate of drug-likeness (QED) is 0.599. The van der Waals surface area contributed by atoms with Crippen LogP contribution in [0.25, 0.3) is 0 Å². The predicted octanol–water partition coefficient (Wildman–Crippen LogP) is 4.48. The summed E-state index contributed by atoms with van der Waals surface area (Å²) in [6, 6.07) is 7.98. The largest absolute Gasteiger partial charge is 0.454 e. The highest BCUT2D eigenvalue weighted by molar-refractivity contribution is 5.92. The van der Waals surface area contributed by atoms with E-state index >= 15 is 0 Å². The third-order valence-electron chi connectivity index (χ3n) is 3.00. The fraction of sp³-hybridized carbons (Fsp3) is 0.188. The summed E-state index contributed by atoms with van der Waals surface area (Å²) in [5, 5.41) is 0. The van der Waals surface area contributed by atoms with E-state index in [0.717, 1.165) is 18.2 Å². The summed E-state index contributed by atoms with van der Waals surface area (Å²) in [5.74, 6) is -2.79. The van der Waals surface area contributed by atoms with Crippen molar-refractivity contribution in [3.8, 4) is 5.75 Å². The Morgan fingerprint density at radius 3 is 2.48 bits per heavy atom. The first-order valence-corrected chi connectivity index (χ1v) is 6.58. The number of alkyl halides is 2. The van der Waals surface area contributed by atoms with Gasteiger partial charge in [-0.2, -0.15) is 8.78 Å². The fourth-order valence-electron chi connectivity index (χ4n) is 1.95. The lowest BCUT2D eigenvalue weighted by atomic mass is 10.1. The maximum Gasteiger partial charge on any atom is 0.387 e. The molecule has 0 aliphatic carbocycles. The topological polar surface area (TPSA) is 35.5 Å². The van der Waals surface area contributed by atoms with Crippen LogP contribution in [-0.4, -0.2) is 12.6 Å². The van der Waals surface area contributed by atoms with Crippen molar-refractivity contribution in [3.63, 3.8) is 0 Å². The number of rotatable bonds is 5. The Morgan fingerprint density at radius 2 is 1.78 bits per heavy atom.